The van der Waals surface area contributed by atoms with Crippen LogP contribution in [0.15, 0.2) is 65.6 Å². The van der Waals surface area contributed by atoms with Gasteiger partial charge in [-0.15, -0.1) is 0 Å². The van der Waals surface area contributed by atoms with Gasteiger partial charge in [0.05, 0.1) is 10.7 Å². The van der Waals surface area contributed by atoms with Crippen molar-refractivity contribution in [3.05, 3.63) is 82.4 Å². The van der Waals surface area contributed by atoms with Gasteiger partial charge in [0.15, 0.2) is 11.5 Å². The number of aryl methyl sites for hydroxylation is 1. The molecule has 2 aliphatic rings. The summed E-state index contributed by atoms with van der Waals surface area (Å²) in [6, 6.07) is 17.4. The molecule has 0 bridgehead atoms. The van der Waals surface area contributed by atoms with Crippen LogP contribution in [0.4, 0.5) is 5.69 Å². The summed E-state index contributed by atoms with van der Waals surface area (Å²) < 4.78 is 39.5. The van der Waals surface area contributed by atoms with E-state index in [1.54, 1.807) is 23.1 Å². The van der Waals surface area contributed by atoms with Crippen molar-refractivity contribution in [2.24, 2.45) is 0 Å². The van der Waals surface area contributed by atoms with Gasteiger partial charge in [0.2, 0.25) is 6.79 Å². The Morgan fingerprint density at radius 1 is 0.972 bits per heavy atom. The van der Waals surface area contributed by atoms with E-state index in [1.807, 2.05) is 37.3 Å². The van der Waals surface area contributed by atoms with Crippen LogP contribution < -0.4 is 14.2 Å². The summed E-state index contributed by atoms with van der Waals surface area (Å²) >= 11 is 6.24. The van der Waals surface area contributed by atoms with E-state index in [0.717, 1.165) is 29.2 Å². The van der Waals surface area contributed by atoms with Crippen LogP contribution in [0.1, 0.15) is 21.5 Å². The molecule has 1 saturated heterocycles. The van der Waals surface area contributed by atoms with Gasteiger partial charge in [-0.05, 0) is 54.4 Å². The molecule has 5 rings (SSSR count). The number of piperazine rings is 1. The van der Waals surface area contributed by atoms with Gasteiger partial charge in [-0.3, -0.25) is 14.4 Å². The van der Waals surface area contributed by atoms with E-state index in [1.165, 1.54) is 12.1 Å². The molecule has 0 atom stereocenters. The predicted octanol–water partition coefficient (Wildman–Crippen LogP) is 4.14. The second-order valence-corrected chi connectivity index (χ2v) is 10.9. The van der Waals surface area contributed by atoms with Crippen molar-refractivity contribution in [1.29, 1.82) is 0 Å². The number of anilines is 1. The molecule has 3 aromatic carbocycles. The zero-order valence-corrected chi connectivity index (χ0v) is 21.3. The van der Waals surface area contributed by atoms with Crippen molar-refractivity contribution in [3.8, 4) is 11.5 Å². The van der Waals surface area contributed by atoms with Crippen molar-refractivity contribution in [2.45, 2.75) is 18.4 Å². The van der Waals surface area contributed by atoms with Gasteiger partial charge in [-0.1, -0.05) is 35.9 Å². The zero-order valence-electron chi connectivity index (χ0n) is 19.7. The van der Waals surface area contributed by atoms with Crippen molar-refractivity contribution >= 4 is 33.2 Å². The Morgan fingerprint density at radius 2 is 1.72 bits per heavy atom. The van der Waals surface area contributed by atoms with Crippen LogP contribution in [0.5, 0.6) is 11.5 Å². The van der Waals surface area contributed by atoms with Crippen LogP contribution in [-0.4, -0.2) is 57.1 Å². The highest BCUT2D eigenvalue weighted by Crippen LogP contribution is 2.33. The van der Waals surface area contributed by atoms with Gasteiger partial charge >= 0.3 is 0 Å². The predicted molar refractivity (Wildman–Crippen MR) is 137 cm³/mol. The summed E-state index contributed by atoms with van der Waals surface area (Å²) in [5.41, 5.74) is 2.65. The van der Waals surface area contributed by atoms with E-state index in [4.69, 9.17) is 21.1 Å². The maximum atomic E-state index is 13.2. The molecule has 2 aliphatic heterocycles. The molecular weight excluding hydrogens is 502 g/mol. The molecule has 0 saturated carbocycles. The Hall–Kier alpha value is -3.27. The first-order valence-corrected chi connectivity index (χ1v) is 13.4. The Morgan fingerprint density at radius 3 is 2.50 bits per heavy atom. The zero-order chi connectivity index (χ0) is 25.3. The van der Waals surface area contributed by atoms with Crippen LogP contribution in [0.25, 0.3) is 0 Å². The Balaban J connectivity index is 1.25. The van der Waals surface area contributed by atoms with Gasteiger partial charge in [0.1, 0.15) is 4.90 Å². The number of ether oxygens (including phenoxy) is 2. The average molecular weight is 528 g/mol. The number of fused-ring (bicyclic) bond motifs is 1. The lowest BCUT2D eigenvalue weighted by Crippen LogP contribution is -2.48. The normalized spacial score (nSPS) is 15.7. The summed E-state index contributed by atoms with van der Waals surface area (Å²) in [7, 11) is -3.98. The molecule has 36 heavy (non-hydrogen) atoms. The van der Waals surface area contributed by atoms with Crippen molar-refractivity contribution in [1.82, 2.24) is 9.80 Å². The van der Waals surface area contributed by atoms with E-state index in [0.29, 0.717) is 31.9 Å². The highest BCUT2D eigenvalue weighted by atomic mass is 35.5. The van der Waals surface area contributed by atoms with E-state index >= 15 is 0 Å². The van der Waals surface area contributed by atoms with E-state index < -0.39 is 10.0 Å². The molecule has 0 spiro atoms. The molecule has 0 unspecified atom stereocenters. The summed E-state index contributed by atoms with van der Waals surface area (Å²) in [6.45, 7) is 5.28. The highest BCUT2D eigenvalue weighted by molar-refractivity contribution is 7.92. The SMILES string of the molecule is Cc1ccccc1NS(=O)(=O)c1cc(C(=O)N2CCN(Cc3ccc4c(c3)OCO4)CC2)ccc1Cl. The number of halogens is 1. The monoisotopic (exact) mass is 527 g/mol. The molecule has 188 valence electrons. The second-order valence-electron chi connectivity index (χ2n) is 8.82. The van der Waals surface area contributed by atoms with Gasteiger partial charge in [-0.2, -0.15) is 0 Å². The summed E-state index contributed by atoms with van der Waals surface area (Å²) in [4.78, 5) is 17.1. The van der Waals surface area contributed by atoms with Crippen LogP contribution in [0, 0.1) is 6.92 Å². The molecular formula is C26H26ClN3O5S. The third-order valence-electron chi connectivity index (χ3n) is 6.36. The molecule has 8 nitrogen and oxygen atoms in total. The first-order valence-electron chi connectivity index (χ1n) is 11.6. The molecule has 10 heteroatoms. The number of carbonyl (C=O) groups excluding carboxylic acids is 1. The number of hydrogen-bond acceptors (Lipinski definition) is 6. The topological polar surface area (TPSA) is 88.2 Å². The standard InChI is InChI=1S/C26H26ClN3O5S/c1-18-4-2-3-5-22(18)28-36(32,33)25-15-20(7-8-21(25)27)26(31)30-12-10-29(11-13-30)16-19-6-9-23-24(14-19)35-17-34-23/h2-9,14-15,28H,10-13,16-17H2,1H3. The fraction of sp³-hybridized carbons (Fsp3) is 0.269. The minimum atomic E-state index is -3.98. The fourth-order valence-electron chi connectivity index (χ4n) is 4.32. The van der Waals surface area contributed by atoms with Crippen molar-refractivity contribution < 1.29 is 22.7 Å². The fourth-order valence-corrected chi connectivity index (χ4v) is 5.98. The third-order valence-corrected chi connectivity index (χ3v) is 8.21. The minimum Gasteiger partial charge on any atom is -0.454 e. The van der Waals surface area contributed by atoms with Gasteiger partial charge in [0.25, 0.3) is 15.9 Å². The number of carbonyl (C=O) groups is 1. The molecule has 3 aromatic rings. The quantitative estimate of drug-likeness (QED) is 0.518. The molecule has 2 heterocycles. The number of rotatable bonds is 6. The van der Waals surface area contributed by atoms with E-state index in [2.05, 4.69) is 9.62 Å². The highest BCUT2D eigenvalue weighted by Gasteiger charge is 2.26. The van der Waals surface area contributed by atoms with Gasteiger partial charge in [-0.25, -0.2) is 8.42 Å². The molecule has 1 amide bonds. The number of hydrogen-bond donors (Lipinski definition) is 1. The van der Waals surface area contributed by atoms with Crippen LogP contribution in [0.3, 0.4) is 0 Å². The molecule has 0 aliphatic carbocycles. The smallest absolute Gasteiger partial charge is 0.263 e. The largest absolute Gasteiger partial charge is 0.454 e. The van der Waals surface area contributed by atoms with Crippen molar-refractivity contribution in [2.75, 3.05) is 37.7 Å². The minimum absolute atomic E-state index is 0.0566. The lowest BCUT2D eigenvalue weighted by molar-refractivity contribution is 0.0628. The maximum absolute atomic E-state index is 13.2. The number of para-hydroxylation sites is 1. The molecule has 0 radical (unpaired) electrons. The average Bonchev–Trinajstić information content (AvgIpc) is 3.34. The molecule has 1 fully saturated rings. The first-order chi connectivity index (χ1) is 17.3. The van der Waals surface area contributed by atoms with E-state index in [-0.39, 0.29) is 28.2 Å². The Labute approximate surface area is 215 Å². The van der Waals surface area contributed by atoms with Crippen LogP contribution in [0.2, 0.25) is 5.02 Å². The molecule has 0 aromatic heterocycles. The number of benzene rings is 3. The third kappa shape index (κ3) is 5.13. The van der Waals surface area contributed by atoms with Crippen LogP contribution >= 0.6 is 11.6 Å². The number of amides is 1. The molecule has 1 N–H and O–H groups in total. The first kappa shape index (κ1) is 24.4. The van der Waals surface area contributed by atoms with E-state index in [9.17, 15) is 13.2 Å². The maximum Gasteiger partial charge on any atom is 0.263 e. The van der Waals surface area contributed by atoms with Crippen molar-refractivity contribution in [3.63, 3.8) is 0 Å². The number of nitrogens with zero attached hydrogens (tertiary/aromatic N) is 2. The Bertz CT molecular complexity index is 1400. The van der Waals surface area contributed by atoms with Gasteiger partial charge < -0.3 is 14.4 Å². The number of sulfonamides is 1. The summed E-state index contributed by atoms with van der Waals surface area (Å²) in [5.74, 6) is 1.29. The number of nitrogens with one attached hydrogen (secondary N) is 1. The lowest BCUT2D eigenvalue weighted by Gasteiger charge is -2.35. The lowest BCUT2D eigenvalue weighted by atomic mass is 10.1. The second kappa shape index (κ2) is 10.0. The Kier molecular flexibility index (Phi) is 6.79. The summed E-state index contributed by atoms with van der Waals surface area (Å²) in [6.07, 6.45) is 0. The summed E-state index contributed by atoms with van der Waals surface area (Å²) in [5, 5.41) is 0.0566. The van der Waals surface area contributed by atoms with Gasteiger partial charge in [0, 0.05) is 38.3 Å². The van der Waals surface area contributed by atoms with Crippen LogP contribution in [-0.2, 0) is 16.6 Å².